The molecule has 2 aliphatic rings. The van der Waals surface area contributed by atoms with E-state index in [1.807, 2.05) is 46.1 Å². The number of carbonyl (C=O) groups is 5. The smallest absolute Gasteiger partial charge is 0.255 e. The van der Waals surface area contributed by atoms with Crippen molar-refractivity contribution in [3.05, 3.63) is 76.2 Å². The fourth-order valence-corrected chi connectivity index (χ4v) is 6.93. The number of hydrogen-bond donors (Lipinski definition) is 2. The lowest BCUT2D eigenvalue weighted by atomic mass is 10.0. The van der Waals surface area contributed by atoms with Gasteiger partial charge in [-0.3, -0.25) is 28.8 Å². The van der Waals surface area contributed by atoms with Gasteiger partial charge in [-0.25, -0.2) is 4.98 Å². The average molecular weight is 730 g/mol. The van der Waals surface area contributed by atoms with Crippen molar-refractivity contribution < 1.29 is 24.0 Å². The van der Waals surface area contributed by atoms with Gasteiger partial charge in [-0.05, 0) is 70.9 Å². The second-order valence-electron chi connectivity index (χ2n) is 12.4. The average Bonchev–Trinajstić information content (AvgIpc) is 3.72. The summed E-state index contributed by atoms with van der Waals surface area (Å²) in [6.45, 7) is 1.81. The van der Waals surface area contributed by atoms with Crippen molar-refractivity contribution in [3.63, 3.8) is 0 Å². The lowest BCUT2D eigenvalue weighted by Crippen LogP contribution is -2.44. The Morgan fingerprint density at radius 2 is 1.92 bits per heavy atom. The van der Waals surface area contributed by atoms with Gasteiger partial charge in [0, 0.05) is 67.2 Å². The number of nitrogens with zero attached hydrogens (tertiary/aromatic N) is 6. The largest absolute Gasteiger partial charge is 0.368 e. The number of piperidine rings is 1. The molecule has 4 heterocycles. The number of hydrogen-bond acceptors (Lipinski definition) is 8. The lowest BCUT2D eigenvalue weighted by Gasteiger charge is -2.32. The van der Waals surface area contributed by atoms with Gasteiger partial charge >= 0.3 is 0 Å². The van der Waals surface area contributed by atoms with Gasteiger partial charge in [0.05, 0.1) is 29.6 Å². The maximum atomic E-state index is 12.9. The third-order valence-corrected chi connectivity index (χ3v) is 9.82. The summed E-state index contributed by atoms with van der Waals surface area (Å²) in [7, 11) is 0. The number of carbonyl (C=O) groups excluding carboxylic acids is 5. The first kappa shape index (κ1) is 33.9. The van der Waals surface area contributed by atoms with Crippen molar-refractivity contribution in [2.75, 3.05) is 19.6 Å². The predicted octanol–water partition coefficient (Wildman–Crippen LogP) is 3.35. The molecule has 0 aliphatic carbocycles. The molecular formula is C35H37BrN8O5. The minimum Gasteiger partial charge on any atom is -0.368 e. The van der Waals surface area contributed by atoms with Gasteiger partial charge in [-0.1, -0.05) is 18.2 Å². The first-order valence-electron chi connectivity index (χ1n) is 16.4. The third kappa shape index (κ3) is 7.69. The summed E-state index contributed by atoms with van der Waals surface area (Å²) in [5.41, 5.74) is 11.0. The van der Waals surface area contributed by atoms with Crippen LogP contribution in [-0.4, -0.2) is 85.1 Å². The summed E-state index contributed by atoms with van der Waals surface area (Å²) in [6, 6.07) is 10.5. The first-order chi connectivity index (χ1) is 23.7. The Bertz CT molecular complexity index is 1900. The molecule has 6 rings (SSSR count). The second-order valence-corrected chi connectivity index (χ2v) is 13.2. The van der Waals surface area contributed by atoms with Crippen LogP contribution in [0.4, 0.5) is 0 Å². The molecule has 0 radical (unpaired) electrons. The normalized spacial score (nSPS) is 15.3. The molecule has 1 atom stereocenters. The molecule has 4 amide bonds. The van der Waals surface area contributed by atoms with Crippen LogP contribution < -0.4 is 11.1 Å². The van der Waals surface area contributed by atoms with Crippen molar-refractivity contribution in [1.29, 1.82) is 0 Å². The number of nitrogens with one attached hydrogen (secondary N) is 1. The van der Waals surface area contributed by atoms with Gasteiger partial charge < -0.3 is 25.6 Å². The van der Waals surface area contributed by atoms with E-state index in [-0.39, 0.29) is 56.0 Å². The van der Waals surface area contributed by atoms with E-state index in [9.17, 15) is 24.0 Å². The van der Waals surface area contributed by atoms with Gasteiger partial charge in [0.1, 0.15) is 17.8 Å². The summed E-state index contributed by atoms with van der Waals surface area (Å²) in [4.78, 5) is 73.6. The molecule has 13 nitrogen and oxygen atoms in total. The Hall–Kier alpha value is -4.98. The molecule has 0 saturated carbocycles. The summed E-state index contributed by atoms with van der Waals surface area (Å²) in [5.74, 6) is -1.16. The van der Waals surface area contributed by atoms with E-state index < -0.39 is 11.9 Å². The number of fused-ring (bicyclic) bond motifs is 2. The van der Waals surface area contributed by atoms with Crippen molar-refractivity contribution >= 4 is 56.9 Å². The van der Waals surface area contributed by atoms with Crippen molar-refractivity contribution in [2.24, 2.45) is 5.73 Å². The maximum Gasteiger partial charge on any atom is 0.255 e. The van der Waals surface area contributed by atoms with Crippen molar-refractivity contribution in [1.82, 2.24) is 34.9 Å². The monoisotopic (exact) mass is 728 g/mol. The molecule has 0 bridgehead atoms. The zero-order valence-electron chi connectivity index (χ0n) is 26.9. The summed E-state index contributed by atoms with van der Waals surface area (Å²) in [6.07, 6.45) is 8.87. The second kappa shape index (κ2) is 15.1. The van der Waals surface area contributed by atoms with Gasteiger partial charge in [0.25, 0.3) is 5.91 Å². The summed E-state index contributed by atoms with van der Waals surface area (Å²) in [5, 5.41) is 7.46. The minimum absolute atomic E-state index is 0.0398. The number of para-hydroxylation sites is 1. The highest BCUT2D eigenvalue weighted by Gasteiger charge is 2.35. The Morgan fingerprint density at radius 1 is 1.10 bits per heavy atom. The molecule has 2 aliphatic heterocycles. The number of halogens is 1. The van der Waals surface area contributed by atoms with Crippen molar-refractivity contribution in [3.8, 4) is 11.3 Å². The standard InChI is InChI=1S/C35H37BrN8O5/c36-27-3-1-4-28-33(27)41-29(19-39-28)24-18-40-44(21-24)25-11-14-42(15-12-25)32(47)9-8-31(46)38-13-10-22-6-7-26-23(17-22)20-43(35(26)49)30(34(37)48)5-2-16-45/h1,3-4,6-7,16-19,21,25,30H,2,5,8-15,20H2,(H2,37,48)(H,38,46). The van der Waals surface area contributed by atoms with Crippen LogP contribution in [0, 0.1) is 0 Å². The van der Waals surface area contributed by atoms with E-state index in [2.05, 4.69) is 31.3 Å². The molecule has 2 aromatic heterocycles. The molecular weight excluding hydrogens is 692 g/mol. The third-order valence-electron chi connectivity index (χ3n) is 9.18. The molecule has 1 saturated heterocycles. The Kier molecular flexibility index (Phi) is 10.4. The van der Waals surface area contributed by atoms with Crippen LogP contribution in [0.5, 0.6) is 0 Å². The van der Waals surface area contributed by atoms with E-state index in [0.717, 1.165) is 50.7 Å². The van der Waals surface area contributed by atoms with Crippen molar-refractivity contribution in [2.45, 2.75) is 63.6 Å². The van der Waals surface area contributed by atoms with Crippen LogP contribution in [0.15, 0.2) is 59.5 Å². The molecule has 2 aromatic carbocycles. The minimum atomic E-state index is -0.841. The number of primary amides is 1. The fourth-order valence-electron chi connectivity index (χ4n) is 6.48. The first-order valence-corrected chi connectivity index (χ1v) is 17.2. The Labute approximate surface area is 291 Å². The van der Waals surface area contributed by atoms with Crippen LogP contribution >= 0.6 is 15.9 Å². The molecule has 14 heteroatoms. The van der Waals surface area contributed by atoms with E-state index in [4.69, 9.17) is 10.7 Å². The van der Waals surface area contributed by atoms with Gasteiger partial charge in [-0.15, -0.1) is 0 Å². The number of nitrogens with two attached hydrogens (primary N) is 1. The zero-order valence-corrected chi connectivity index (χ0v) is 28.5. The topological polar surface area (TPSA) is 173 Å². The van der Waals surface area contributed by atoms with Crippen LogP contribution in [0.3, 0.4) is 0 Å². The van der Waals surface area contributed by atoms with E-state index in [1.165, 1.54) is 4.90 Å². The van der Waals surface area contributed by atoms with Crippen LogP contribution in [0.2, 0.25) is 0 Å². The molecule has 4 aromatic rings. The number of benzene rings is 2. The van der Waals surface area contributed by atoms with Crippen LogP contribution in [0.25, 0.3) is 22.3 Å². The number of aromatic nitrogens is 4. The molecule has 3 N–H and O–H groups in total. The number of aldehydes is 1. The lowest BCUT2D eigenvalue weighted by molar-refractivity contribution is -0.134. The number of likely N-dealkylation sites (tertiary alicyclic amines) is 1. The highest BCUT2D eigenvalue weighted by Crippen LogP contribution is 2.29. The van der Waals surface area contributed by atoms with Crippen LogP contribution in [0.1, 0.15) is 66.1 Å². The number of rotatable bonds is 13. The molecule has 254 valence electrons. The molecule has 0 spiro atoms. The van der Waals surface area contributed by atoms with E-state index in [0.29, 0.717) is 37.9 Å². The SMILES string of the molecule is NC(=O)C(CCC=O)N1Cc2cc(CCNC(=O)CCC(=O)N3CCC(n4cc(-c5cnc6cccc(Br)c6n5)cn4)CC3)ccc2C1=O. The van der Waals surface area contributed by atoms with E-state index >= 15 is 0 Å². The fraction of sp³-hybridized carbons (Fsp3) is 0.371. The maximum absolute atomic E-state index is 12.9. The quantitative estimate of drug-likeness (QED) is 0.197. The van der Waals surface area contributed by atoms with E-state index in [1.54, 1.807) is 18.5 Å². The summed E-state index contributed by atoms with van der Waals surface area (Å²) >= 11 is 3.55. The Balaban J connectivity index is 0.924. The Morgan fingerprint density at radius 3 is 2.69 bits per heavy atom. The molecule has 1 fully saturated rings. The zero-order chi connectivity index (χ0) is 34.5. The summed E-state index contributed by atoms with van der Waals surface area (Å²) < 4.78 is 2.83. The van der Waals surface area contributed by atoms with Crippen LogP contribution in [-0.2, 0) is 32.1 Å². The predicted molar refractivity (Wildman–Crippen MR) is 184 cm³/mol. The van der Waals surface area contributed by atoms with Gasteiger partial charge in [0.2, 0.25) is 17.7 Å². The van der Waals surface area contributed by atoms with Gasteiger partial charge in [-0.2, -0.15) is 5.10 Å². The van der Waals surface area contributed by atoms with Gasteiger partial charge in [0.15, 0.2) is 0 Å². The highest BCUT2D eigenvalue weighted by molar-refractivity contribution is 9.10. The molecule has 49 heavy (non-hydrogen) atoms. The highest BCUT2D eigenvalue weighted by atomic mass is 79.9. The molecule has 1 unspecified atom stereocenters. The number of amides is 4.